The minimum Gasteiger partial charge on any atom is -0.271 e. The molecule has 0 unspecified atom stereocenters. The van der Waals surface area contributed by atoms with Gasteiger partial charge in [0.1, 0.15) is 0 Å². The summed E-state index contributed by atoms with van der Waals surface area (Å²) in [6.45, 7) is 1.02. The van der Waals surface area contributed by atoms with E-state index in [0.717, 1.165) is 18.4 Å². The second-order valence-corrected chi connectivity index (χ2v) is 7.45. The van der Waals surface area contributed by atoms with Crippen LogP contribution in [0.3, 0.4) is 0 Å². The quantitative estimate of drug-likeness (QED) is 0.948. The lowest BCUT2D eigenvalue weighted by molar-refractivity contribution is 0.414. The van der Waals surface area contributed by atoms with E-state index in [0.29, 0.717) is 18.8 Å². The van der Waals surface area contributed by atoms with E-state index in [2.05, 4.69) is 4.72 Å². The number of nitrogens with zero attached hydrogens (tertiary/aromatic N) is 1. The van der Waals surface area contributed by atoms with Gasteiger partial charge in [0, 0.05) is 23.7 Å². The third kappa shape index (κ3) is 2.87. The number of hydrogen-bond acceptors (Lipinski definition) is 3. The van der Waals surface area contributed by atoms with Crippen molar-refractivity contribution in [3.8, 4) is 0 Å². The molecule has 0 saturated heterocycles. The van der Waals surface area contributed by atoms with Gasteiger partial charge < -0.3 is 0 Å². The van der Waals surface area contributed by atoms with Crippen LogP contribution in [0.5, 0.6) is 0 Å². The van der Waals surface area contributed by atoms with Crippen LogP contribution in [0.4, 0.5) is 5.69 Å². The average molecular weight is 308 g/mol. The molecule has 0 fully saturated rings. The smallest absolute Gasteiger partial charge is 0.271 e. The Morgan fingerprint density at radius 2 is 1.95 bits per heavy atom. The Bertz CT molecular complexity index is 680. The molecule has 1 N–H and O–H groups in total. The Hall–Kier alpha value is -1.37. The number of hydrogen-bond donors (Lipinski definition) is 1. The summed E-state index contributed by atoms with van der Waals surface area (Å²) in [6.07, 6.45) is 1.83. The summed E-state index contributed by atoms with van der Waals surface area (Å²) in [6, 6.07) is 11.0. The first-order chi connectivity index (χ1) is 9.65. The number of nitrogens with one attached hydrogen (secondary N) is 1. The molecule has 0 aliphatic carbocycles. The van der Waals surface area contributed by atoms with Crippen molar-refractivity contribution >= 4 is 27.2 Å². The first-order valence-corrected chi connectivity index (χ1v) is 8.85. The molecule has 0 amide bonds. The van der Waals surface area contributed by atoms with Crippen LogP contribution in [-0.4, -0.2) is 19.3 Å². The third-order valence-electron chi connectivity index (χ3n) is 3.36. The molecule has 4 nitrogen and oxygen atoms in total. The molecule has 106 valence electrons. The van der Waals surface area contributed by atoms with Crippen molar-refractivity contribution in [1.29, 1.82) is 0 Å². The van der Waals surface area contributed by atoms with E-state index < -0.39 is 10.2 Å². The Morgan fingerprint density at radius 1 is 1.15 bits per heavy atom. The van der Waals surface area contributed by atoms with Crippen LogP contribution in [0.15, 0.2) is 41.8 Å². The zero-order valence-electron chi connectivity index (χ0n) is 11.0. The number of anilines is 1. The summed E-state index contributed by atoms with van der Waals surface area (Å²) in [4.78, 5) is 1.31. The lowest BCUT2D eigenvalue weighted by atomic mass is 10.2. The van der Waals surface area contributed by atoms with Gasteiger partial charge in [0.15, 0.2) is 0 Å². The summed E-state index contributed by atoms with van der Waals surface area (Å²) in [5.41, 5.74) is 1.73. The Balaban J connectivity index is 1.81. The summed E-state index contributed by atoms with van der Waals surface area (Å²) in [5.74, 6) is 0. The molecule has 1 aromatic heterocycles. The van der Waals surface area contributed by atoms with Crippen molar-refractivity contribution < 1.29 is 8.42 Å². The second-order valence-electron chi connectivity index (χ2n) is 4.78. The molecular weight excluding hydrogens is 292 g/mol. The molecule has 0 bridgehead atoms. The average Bonchev–Trinajstić information content (AvgIpc) is 2.76. The molecule has 1 aliphatic rings. The van der Waals surface area contributed by atoms with Crippen LogP contribution < -0.4 is 4.72 Å². The summed E-state index contributed by atoms with van der Waals surface area (Å²) >= 11 is 1.71. The number of rotatable bonds is 3. The largest absolute Gasteiger partial charge is 0.301 e. The monoisotopic (exact) mass is 308 g/mol. The van der Waals surface area contributed by atoms with Gasteiger partial charge in [-0.2, -0.15) is 12.7 Å². The number of benzene rings is 1. The Labute approximate surface area is 123 Å². The number of para-hydroxylation sites is 1. The lowest BCUT2D eigenvalue weighted by Crippen LogP contribution is -2.35. The third-order valence-corrected chi connectivity index (χ3v) is 5.86. The second kappa shape index (κ2) is 5.55. The lowest BCUT2D eigenvalue weighted by Gasteiger charge is -2.21. The van der Waals surface area contributed by atoms with E-state index >= 15 is 0 Å². The van der Waals surface area contributed by atoms with Gasteiger partial charge in [-0.25, -0.2) is 0 Å². The van der Waals surface area contributed by atoms with Gasteiger partial charge in [0.2, 0.25) is 0 Å². The van der Waals surface area contributed by atoms with Gasteiger partial charge in [0.05, 0.1) is 0 Å². The molecule has 3 rings (SSSR count). The van der Waals surface area contributed by atoms with E-state index in [1.54, 1.807) is 23.5 Å². The molecule has 2 aromatic rings. The van der Waals surface area contributed by atoms with Crippen LogP contribution in [-0.2, 0) is 23.2 Å². The standard InChI is InChI=1S/C14H16N2O2S2/c17-20(18,15-13-5-2-1-3-6-13)16-9-4-7-14-12(11-16)8-10-19-14/h1-3,5-6,8,10,15H,4,7,9,11H2. The van der Waals surface area contributed by atoms with E-state index in [-0.39, 0.29) is 0 Å². The predicted molar refractivity (Wildman–Crippen MR) is 82.0 cm³/mol. The highest BCUT2D eigenvalue weighted by Gasteiger charge is 2.25. The number of fused-ring (bicyclic) bond motifs is 1. The van der Waals surface area contributed by atoms with Crippen LogP contribution in [0.25, 0.3) is 0 Å². The fraction of sp³-hybridized carbons (Fsp3) is 0.286. The molecule has 2 heterocycles. The minimum absolute atomic E-state index is 0.459. The first-order valence-electron chi connectivity index (χ1n) is 6.53. The maximum absolute atomic E-state index is 12.5. The molecular formula is C14H16N2O2S2. The fourth-order valence-corrected chi connectivity index (χ4v) is 4.52. The summed E-state index contributed by atoms with van der Waals surface area (Å²) < 4.78 is 29.1. The zero-order valence-corrected chi connectivity index (χ0v) is 12.6. The Morgan fingerprint density at radius 3 is 2.75 bits per heavy atom. The van der Waals surface area contributed by atoms with Gasteiger partial charge in [-0.05, 0) is 42.0 Å². The molecule has 0 atom stereocenters. The van der Waals surface area contributed by atoms with Crippen LogP contribution >= 0.6 is 11.3 Å². The van der Waals surface area contributed by atoms with Crippen molar-refractivity contribution in [2.45, 2.75) is 19.4 Å². The van der Waals surface area contributed by atoms with Gasteiger partial charge in [-0.3, -0.25) is 4.72 Å². The first kappa shape index (κ1) is 13.6. The van der Waals surface area contributed by atoms with E-state index in [1.807, 2.05) is 29.6 Å². The van der Waals surface area contributed by atoms with Crippen LogP contribution in [0, 0.1) is 0 Å². The van der Waals surface area contributed by atoms with Gasteiger partial charge in [-0.15, -0.1) is 11.3 Å². The highest BCUT2D eigenvalue weighted by atomic mass is 32.2. The van der Waals surface area contributed by atoms with Crippen molar-refractivity contribution in [1.82, 2.24) is 4.31 Å². The number of thiophene rings is 1. The van der Waals surface area contributed by atoms with Gasteiger partial charge in [0.25, 0.3) is 0 Å². The SMILES string of the molecule is O=S(=O)(Nc1ccccc1)N1CCCc2sccc2C1. The van der Waals surface area contributed by atoms with Crippen molar-refractivity contribution in [3.05, 3.63) is 52.2 Å². The molecule has 1 aliphatic heterocycles. The van der Waals surface area contributed by atoms with Gasteiger partial charge >= 0.3 is 10.2 Å². The van der Waals surface area contributed by atoms with E-state index in [1.165, 1.54) is 9.18 Å². The molecule has 0 saturated carbocycles. The highest BCUT2D eigenvalue weighted by Crippen LogP contribution is 2.25. The van der Waals surface area contributed by atoms with Crippen molar-refractivity contribution in [2.24, 2.45) is 0 Å². The van der Waals surface area contributed by atoms with Crippen molar-refractivity contribution in [2.75, 3.05) is 11.3 Å². The predicted octanol–water partition coefficient (Wildman–Crippen LogP) is 2.85. The van der Waals surface area contributed by atoms with Crippen LogP contribution in [0.1, 0.15) is 16.9 Å². The maximum atomic E-state index is 12.5. The molecule has 6 heteroatoms. The molecule has 0 radical (unpaired) electrons. The van der Waals surface area contributed by atoms with E-state index in [9.17, 15) is 8.42 Å². The normalized spacial score (nSPS) is 16.4. The summed E-state index contributed by atoms with van der Waals surface area (Å²) in [5, 5.41) is 2.03. The Kier molecular flexibility index (Phi) is 3.78. The fourth-order valence-electron chi connectivity index (χ4n) is 2.34. The highest BCUT2D eigenvalue weighted by molar-refractivity contribution is 7.90. The van der Waals surface area contributed by atoms with E-state index in [4.69, 9.17) is 0 Å². The van der Waals surface area contributed by atoms with Crippen molar-refractivity contribution in [3.63, 3.8) is 0 Å². The molecule has 0 spiro atoms. The number of aryl methyl sites for hydroxylation is 1. The molecule has 20 heavy (non-hydrogen) atoms. The zero-order chi connectivity index (χ0) is 14.0. The maximum Gasteiger partial charge on any atom is 0.301 e. The summed E-state index contributed by atoms with van der Waals surface area (Å²) in [7, 11) is -3.49. The topological polar surface area (TPSA) is 49.4 Å². The van der Waals surface area contributed by atoms with Gasteiger partial charge in [-0.1, -0.05) is 18.2 Å². The van der Waals surface area contributed by atoms with Crippen LogP contribution in [0.2, 0.25) is 0 Å². The minimum atomic E-state index is -3.49. The molecule has 1 aromatic carbocycles.